The maximum atomic E-state index is 13.7. The van der Waals surface area contributed by atoms with Crippen molar-refractivity contribution in [3.63, 3.8) is 0 Å². The number of oxazole rings is 1. The van der Waals surface area contributed by atoms with Crippen LogP contribution in [0.3, 0.4) is 0 Å². The molecule has 0 atom stereocenters. The van der Waals surface area contributed by atoms with Gasteiger partial charge in [-0.05, 0) is 43.3 Å². The van der Waals surface area contributed by atoms with E-state index in [4.69, 9.17) is 23.4 Å². The molecule has 9 nitrogen and oxygen atoms in total. The summed E-state index contributed by atoms with van der Waals surface area (Å²) in [6.45, 7) is 5.20. The first-order valence-electron chi connectivity index (χ1n) is 10.8. The van der Waals surface area contributed by atoms with Crippen LogP contribution >= 0.6 is 0 Å². The minimum absolute atomic E-state index is 0.0628. The Bertz CT molecular complexity index is 1230. The fourth-order valence-corrected chi connectivity index (χ4v) is 5.06. The molecule has 1 aromatic heterocycles. The van der Waals surface area contributed by atoms with Crippen molar-refractivity contribution in [2.45, 2.75) is 16.8 Å². The van der Waals surface area contributed by atoms with E-state index in [1.165, 1.54) is 12.1 Å². The van der Waals surface area contributed by atoms with Crippen LogP contribution in [0.5, 0.6) is 17.2 Å². The van der Waals surface area contributed by atoms with E-state index in [9.17, 15) is 8.42 Å². The van der Waals surface area contributed by atoms with Gasteiger partial charge in [0.05, 0.1) is 24.7 Å². The van der Waals surface area contributed by atoms with Crippen molar-refractivity contribution in [3.05, 3.63) is 42.5 Å². The molecule has 3 heterocycles. The number of hydrogen-bond acceptors (Lipinski definition) is 9. The summed E-state index contributed by atoms with van der Waals surface area (Å²) in [5, 5.41) is -0.134. The summed E-state index contributed by atoms with van der Waals surface area (Å²) in [4.78, 5) is 6.35. The van der Waals surface area contributed by atoms with Gasteiger partial charge in [0.1, 0.15) is 19.0 Å². The number of rotatable bonds is 6. The molecule has 0 amide bonds. The zero-order valence-electron chi connectivity index (χ0n) is 18.2. The Hall–Kier alpha value is -3.24. The van der Waals surface area contributed by atoms with E-state index in [1.807, 2.05) is 11.8 Å². The molecule has 0 N–H and O–H groups in total. The number of hydrogen-bond donors (Lipinski definition) is 0. The van der Waals surface area contributed by atoms with Gasteiger partial charge in [-0.1, -0.05) is 0 Å². The van der Waals surface area contributed by atoms with Gasteiger partial charge in [-0.15, -0.1) is 0 Å². The zero-order valence-corrected chi connectivity index (χ0v) is 19.0. The second-order valence-electron chi connectivity index (χ2n) is 7.50. The van der Waals surface area contributed by atoms with Gasteiger partial charge in [-0.3, -0.25) is 0 Å². The number of sulfone groups is 1. The Morgan fingerprint density at radius 3 is 2.42 bits per heavy atom. The number of benzene rings is 2. The van der Waals surface area contributed by atoms with Gasteiger partial charge in [0.2, 0.25) is 26.6 Å². The highest BCUT2D eigenvalue weighted by molar-refractivity contribution is 7.91. The smallest absolute Gasteiger partial charge is 0.236 e. The number of anilines is 1. The molecule has 0 spiro atoms. The standard InChI is InChI=1S/C23H24N2O7S/c1-2-29-17-5-3-16(4-6-17)21-24-22(23(32-21)25-9-11-28-12-10-25)33(26,27)18-7-8-19-20(15-18)31-14-13-30-19/h3-8,15H,2,9-14H2,1H3. The van der Waals surface area contributed by atoms with Crippen LogP contribution < -0.4 is 19.1 Å². The molecule has 2 aromatic carbocycles. The predicted molar refractivity (Wildman–Crippen MR) is 119 cm³/mol. The zero-order chi connectivity index (χ0) is 22.8. The summed E-state index contributed by atoms with van der Waals surface area (Å²) in [5.41, 5.74) is 0.650. The third-order valence-electron chi connectivity index (χ3n) is 5.37. The van der Waals surface area contributed by atoms with E-state index >= 15 is 0 Å². The lowest BCUT2D eigenvalue weighted by molar-refractivity contribution is 0.120. The van der Waals surface area contributed by atoms with E-state index in [0.29, 0.717) is 68.9 Å². The molecule has 0 bridgehead atoms. The lowest BCUT2D eigenvalue weighted by Gasteiger charge is -2.26. The van der Waals surface area contributed by atoms with Crippen LogP contribution in [0.4, 0.5) is 5.88 Å². The fraction of sp³-hybridized carbons (Fsp3) is 0.348. The van der Waals surface area contributed by atoms with Crippen molar-refractivity contribution >= 4 is 15.7 Å². The van der Waals surface area contributed by atoms with Crippen molar-refractivity contribution in [1.82, 2.24) is 4.98 Å². The largest absolute Gasteiger partial charge is 0.494 e. The lowest BCUT2D eigenvalue weighted by atomic mass is 10.2. The third kappa shape index (κ3) is 4.23. The highest BCUT2D eigenvalue weighted by Crippen LogP contribution is 2.38. The molecule has 0 saturated carbocycles. The lowest BCUT2D eigenvalue weighted by Crippen LogP contribution is -2.36. The molecule has 0 unspecified atom stereocenters. The van der Waals surface area contributed by atoms with Crippen LogP contribution in [0, 0.1) is 0 Å². The van der Waals surface area contributed by atoms with Gasteiger partial charge in [0, 0.05) is 24.7 Å². The van der Waals surface area contributed by atoms with Gasteiger partial charge in [0.15, 0.2) is 11.5 Å². The Morgan fingerprint density at radius 2 is 1.70 bits per heavy atom. The van der Waals surface area contributed by atoms with Crippen LogP contribution in [-0.2, 0) is 14.6 Å². The second kappa shape index (κ2) is 8.95. The molecule has 2 aliphatic heterocycles. The van der Waals surface area contributed by atoms with Gasteiger partial charge in [0.25, 0.3) is 0 Å². The first-order valence-corrected chi connectivity index (χ1v) is 12.3. The van der Waals surface area contributed by atoms with Crippen LogP contribution in [0.25, 0.3) is 11.5 Å². The molecule has 3 aromatic rings. The molecule has 0 radical (unpaired) electrons. The third-order valence-corrected chi connectivity index (χ3v) is 7.02. The van der Waals surface area contributed by atoms with Crippen molar-refractivity contribution in [1.29, 1.82) is 0 Å². The quantitative estimate of drug-likeness (QED) is 0.535. The molecule has 33 heavy (non-hydrogen) atoms. The topological polar surface area (TPSA) is 100 Å². The number of morpholine rings is 1. The fourth-order valence-electron chi connectivity index (χ4n) is 3.73. The van der Waals surface area contributed by atoms with Crippen LogP contribution in [0.2, 0.25) is 0 Å². The van der Waals surface area contributed by atoms with E-state index in [1.54, 1.807) is 30.3 Å². The summed E-state index contributed by atoms with van der Waals surface area (Å²) in [7, 11) is -4.00. The molecular weight excluding hydrogens is 448 g/mol. The summed E-state index contributed by atoms with van der Waals surface area (Å²) < 4.78 is 55.4. The molecular formula is C23H24N2O7S. The molecule has 5 rings (SSSR count). The minimum atomic E-state index is -4.00. The Morgan fingerprint density at radius 1 is 0.970 bits per heavy atom. The number of ether oxygens (including phenoxy) is 4. The summed E-state index contributed by atoms with van der Waals surface area (Å²) >= 11 is 0. The van der Waals surface area contributed by atoms with Gasteiger partial charge in [-0.25, -0.2) is 8.42 Å². The number of aromatic nitrogens is 1. The van der Waals surface area contributed by atoms with E-state index < -0.39 is 9.84 Å². The highest BCUT2D eigenvalue weighted by Gasteiger charge is 2.33. The van der Waals surface area contributed by atoms with Crippen molar-refractivity contribution < 1.29 is 31.8 Å². The van der Waals surface area contributed by atoms with Gasteiger partial charge >= 0.3 is 0 Å². The molecule has 2 aliphatic rings. The molecule has 0 aliphatic carbocycles. The van der Waals surface area contributed by atoms with Gasteiger partial charge in [-0.2, -0.15) is 4.98 Å². The number of nitrogens with zero attached hydrogens (tertiary/aromatic N) is 2. The number of fused-ring (bicyclic) bond motifs is 1. The van der Waals surface area contributed by atoms with E-state index in [-0.39, 0.29) is 21.7 Å². The van der Waals surface area contributed by atoms with Crippen LogP contribution in [0.1, 0.15) is 6.92 Å². The van der Waals surface area contributed by atoms with Crippen molar-refractivity contribution in [3.8, 4) is 28.7 Å². The SMILES string of the molecule is CCOc1ccc(-c2nc(S(=O)(=O)c3ccc4c(c3)OCCO4)c(N3CCOCC3)o2)cc1. The first kappa shape index (κ1) is 21.6. The maximum Gasteiger partial charge on any atom is 0.236 e. The molecule has 1 saturated heterocycles. The first-order chi connectivity index (χ1) is 16.1. The summed E-state index contributed by atoms with van der Waals surface area (Å²) in [5.74, 6) is 2.05. The van der Waals surface area contributed by atoms with Crippen molar-refractivity contribution in [2.75, 3.05) is 51.0 Å². The molecule has 1 fully saturated rings. The van der Waals surface area contributed by atoms with Gasteiger partial charge < -0.3 is 28.3 Å². The average Bonchev–Trinajstić information content (AvgIpc) is 3.31. The Balaban J connectivity index is 1.57. The van der Waals surface area contributed by atoms with Crippen LogP contribution in [0.15, 0.2) is 56.8 Å². The maximum absolute atomic E-state index is 13.7. The molecule has 174 valence electrons. The predicted octanol–water partition coefficient (Wildman–Crippen LogP) is 3.18. The Labute approximate surface area is 191 Å². The van der Waals surface area contributed by atoms with Crippen molar-refractivity contribution in [2.24, 2.45) is 0 Å². The minimum Gasteiger partial charge on any atom is -0.494 e. The monoisotopic (exact) mass is 472 g/mol. The second-order valence-corrected chi connectivity index (χ2v) is 9.36. The Kier molecular flexibility index (Phi) is 5.86. The summed E-state index contributed by atoms with van der Waals surface area (Å²) in [6, 6.07) is 11.7. The van der Waals surface area contributed by atoms with Crippen LogP contribution in [-0.4, -0.2) is 59.5 Å². The summed E-state index contributed by atoms with van der Waals surface area (Å²) in [6.07, 6.45) is 0. The molecule has 10 heteroatoms. The van der Waals surface area contributed by atoms with E-state index in [0.717, 1.165) is 0 Å². The average molecular weight is 473 g/mol. The highest BCUT2D eigenvalue weighted by atomic mass is 32.2. The van der Waals surface area contributed by atoms with E-state index in [2.05, 4.69) is 4.98 Å². The normalized spacial score (nSPS) is 16.0.